The molecule has 4 N–H and O–H groups in total. The first-order valence-corrected chi connectivity index (χ1v) is 12.5. The lowest BCUT2D eigenvalue weighted by Crippen LogP contribution is -2.43. The number of nitrogens with zero attached hydrogens (tertiary/aromatic N) is 5. The molecular weight excluding hydrogens is 448 g/mol. The molecule has 36 heavy (non-hydrogen) atoms. The molecule has 3 aliphatic heterocycles. The smallest absolute Gasteiger partial charge is 0.116 e. The average Bonchev–Trinajstić information content (AvgIpc) is 3.27. The van der Waals surface area contributed by atoms with Crippen molar-refractivity contribution in [3.05, 3.63) is 69.5 Å². The van der Waals surface area contributed by atoms with Gasteiger partial charge in [-0.25, -0.2) is 0 Å². The van der Waals surface area contributed by atoms with E-state index in [1.807, 2.05) is 6.08 Å². The molecule has 0 spiro atoms. The molecule has 0 aromatic carbocycles. The molecule has 186 valence electrons. The van der Waals surface area contributed by atoms with Crippen LogP contribution in [-0.4, -0.2) is 83.2 Å². The molecule has 0 saturated carbocycles. The van der Waals surface area contributed by atoms with E-state index in [0.717, 1.165) is 65.1 Å². The van der Waals surface area contributed by atoms with E-state index in [-0.39, 0.29) is 0 Å². The minimum absolute atomic E-state index is 0.570. The summed E-state index contributed by atoms with van der Waals surface area (Å²) in [4.78, 5) is 17.6. The van der Waals surface area contributed by atoms with Gasteiger partial charge in [-0.05, 0) is 56.8 Å². The van der Waals surface area contributed by atoms with Crippen molar-refractivity contribution >= 4 is 29.8 Å². The Bertz CT molecular complexity index is 1430. The van der Waals surface area contributed by atoms with Gasteiger partial charge in [0.2, 0.25) is 0 Å². The number of piperazine rings is 1. The first kappa shape index (κ1) is 23.8. The second kappa shape index (κ2) is 10.4. The lowest BCUT2D eigenvalue weighted by molar-refractivity contribution is 0.207. The molecule has 0 atom stereocenters. The largest absolute Gasteiger partial charge is 0.397 e. The third-order valence-electron chi connectivity index (χ3n) is 6.78. The molecule has 0 amide bonds. The molecule has 5 rings (SSSR count). The number of H-pyrrole nitrogens is 2. The molecule has 3 aliphatic rings. The van der Waals surface area contributed by atoms with Crippen molar-refractivity contribution in [1.29, 1.82) is 0 Å². The molecule has 1 saturated heterocycles. The van der Waals surface area contributed by atoms with E-state index in [2.05, 4.69) is 88.3 Å². The van der Waals surface area contributed by atoms with Crippen LogP contribution in [0, 0.1) is 6.92 Å². The van der Waals surface area contributed by atoms with Crippen molar-refractivity contribution in [3.8, 4) is 11.4 Å². The third-order valence-corrected chi connectivity index (χ3v) is 6.78. The Hall–Kier alpha value is -3.91. The van der Waals surface area contributed by atoms with Crippen LogP contribution in [0.15, 0.2) is 57.7 Å². The average molecular weight is 483 g/mol. The van der Waals surface area contributed by atoms with E-state index < -0.39 is 0 Å². The minimum Gasteiger partial charge on any atom is -0.397 e. The minimum atomic E-state index is 0.570. The highest BCUT2D eigenvalue weighted by Gasteiger charge is 2.21. The van der Waals surface area contributed by atoms with Crippen LogP contribution in [-0.2, 0) is 0 Å². The van der Waals surface area contributed by atoms with Crippen LogP contribution >= 0.6 is 0 Å². The maximum absolute atomic E-state index is 6.07. The molecule has 0 unspecified atom stereocenters. The van der Waals surface area contributed by atoms with Crippen molar-refractivity contribution in [1.82, 2.24) is 25.0 Å². The van der Waals surface area contributed by atoms with Gasteiger partial charge in [-0.1, -0.05) is 18.2 Å². The van der Waals surface area contributed by atoms with E-state index in [1.165, 1.54) is 11.3 Å². The van der Waals surface area contributed by atoms with Gasteiger partial charge in [0.25, 0.3) is 0 Å². The Morgan fingerprint density at radius 2 is 1.94 bits per heavy atom. The number of hydrogen-bond donors (Lipinski definition) is 3. The highest BCUT2D eigenvalue weighted by atomic mass is 15.3. The van der Waals surface area contributed by atoms with Gasteiger partial charge in [0.05, 0.1) is 35.5 Å². The van der Waals surface area contributed by atoms with Crippen molar-refractivity contribution in [2.24, 2.45) is 15.7 Å². The maximum Gasteiger partial charge on any atom is 0.116 e. The number of aromatic nitrogens is 3. The van der Waals surface area contributed by atoms with Gasteiger partial charge >= 0.3 is 0 Å². The van der Waals surface area contributed by atoms with E-state index in [4.69, 9.17) is 15.8 Å². The quantitative estimate of drug-likeness (QED) is 0.565. The van der Waals surface area contributed by atoms with Gasteiger partial charge in [0.15, 0.2) is 0 Å². The van der Waals surface area contributed by atoms with Crippen LogP contribution in [0.4, 0.5) is 0 Å². The van der Waals surface area contributed by atoms with Gasteiger partial charge < -0.3 is 20.5 Å². The number of aliphatic imine (C=N–C) groups is 2. The Morgan fingerprint density at radius 1 is 1.11 bits per heavy atom. The molecule has 2 aromatic heterocycles. The predicted octanol–water partition coefficient (Wildman–Crippen LogP) is 1.75. The van der Waals surface area contributed by atoms with Gasteiger partial charge in [-0.2, -0.15) is 5.10 Å². The first-order chi connectivity index (χ1) is 17.5. The van der Waals surface area contributed by atoms with E-state index in [1.54, 1.807) is 6.21 Å². The number of nitrogens with two attached hydrogens (primary N) is 1. The van der Waals surface area contributed by atoms with Crippen molar-refractivity contribution < 1.29 is 0 Å². The van der Waals surface area contributed by atoms with Crippen LogP contribution < -0.4 is 16.3 Å². The Balaban J connectivity index is 1.55. The highest BCUT2D eigenvalue weighted by Crippen LogP contribution is 2.28. The zero-order valence-corrected chi connectivity index (χ0v) is 21.3. The maximum atomic E-state index is 6.07. The SMILES string of the molecule is C/C=C\C=C(/c1cc(-c2n[nH]c3c2=CC(C2=CCN=CC(N)=C2)=NCC=3)[nH]c1C)N1CCN(C)CC1. The van der Waals surface area contributed by atoms with E-state index in [9.17, 15) is 0 Å². The lowest BCUT2D eigenvalue weighted by atomic mass is 10.1. The zero-order chi connectivity index (χ0) is 25.1. The molecule has 8 heteroatoms. The normalized spacial score (nSPS) is 19.1. The molecule has 5 heterocycles. The van der Waals surface area contributed by atoms with Crippen LogP contribution in [0.1, 0.15) is 18.2 Å². The van der Waals surface area contributed by atoms with Crippen LogP contribution in [0.3, 0.4) is 0 Å². The summed E-state index contributed by atoms with van der Waals surface area (Å²) in [5, 5.41) is 9.92. The molecular formula is C28H34N8. The topological polar surface area (TPSA) is 102 Å². The van der Waals surface area contributed by atoms with E-state index in [0.29, 0.717) is 18.8 Å². The van der Waals surface area contributed by atoms with Crippen LogP contribution in [0.25, 0.3) is 29.2 Å². The molecule has 1 fully saturated rings. The van der Waals surface area contributed by atoms with Crippen LogP contribution in [0.5, 0.6) is 0 Å². The van der Waals surface area contributed by atoms with Crippen LogP contribution in [0.2, 0.25) is 0 Å². The number of aromatic amines is 2. The first-order valence-electron chi connectivity index (χ1n) is 12.5. The molecule has 0 bridgehead atoms. The molecule has 0 radical (unpaired) electrons. The third kappa shape index (κ3) is 4.90. The zero-order valence-electron chi connectivity index (χ0n) is 21.3. The summed E-state index contributed by atoms with van der Waals surface area (Å²) in [5.74, 6) is 0. The second-order valence-electron chi connectivity index (χ2n) is 9.36. The number of aryl methyl sites for hydroxylation is 1. The number of fused-ring (bicyclic) bond motifs is 1. The summed E-state index contributed by atoms with van der Waals surface area (Å²) in [5.41, 5.74) is 14.0. The van der Waals surface area contributed by atoms with Crippen molar-refractivity contribution in [2.75, 3.05) is 46.3 Å². The number of nitrogens with one attached hydrogen (secondary N) is 2. The summed E-state index contributed by atoms with van der Waals surface area (Å²) in [6, 6.07) is 2.23. The van der Waals surface area contributed by atoms with Crippen molar-refractivity contribution in [2.45, 2.75) is 13.8 Å². The Kier molecular flexibility index (Phi) is 6.86. The van der Waals surface area contributed by atoms with Gasteiger partial charge in [0.1, 0.15) is 5.69 Å². The Labute approximate surface area is 211 Å². The number of allylic oxidation sites excluding steroid dienone is 6. The fourth-order valence-electron chi connectivity index (χ4n) is 4.78. The van der Waals surface area contributed by atoms with Gasteiger partial charge in [0, 0.05) is 54.6 Å². The number of hydrogen-bond acceptors (Lipinski definition) is 6. The predicted molar refractivity (Wildman–Crippen MR) is 149 cm³/mol. The Morgan fingerprint density at radius 3 is 2.75 bits per heavy atom. The molecule has 2 aromatic rings. The van der Waals surface area contributed by atoms with Gasteiger partial charge in [-0.15, -0.1) is 0 Å². The summed E-state index contributed by atoms with van der Waals surface area (Å²) >= 11 is 0. The van der Waals surface area contributed by atoms with Gasteiger partial charge in [-0.3, -0.25) is 15.1 Å². The summed E-state index contributed by atoms with van der Waals surface area (Å²) in [7, 11) is 2.18. The summed E-state index contributed by atoms with van der Waals surface area (Å²) < 4.78 is 0. The second-order valence-corrected chi connectivity index (χ2v) is 9.36. The summed E-state index contributed by atoms with van der Waals surface area (Å²) in [6.07, 6.45) is 16.3. The number of rotatable bonds is 5. The van der Waals surface area contributed by atoms with Crippen molar-refractivity contribution in [3.63, 3.8) is 0 Å². The fraction of sp³-hybridized carbons (Fsp3) is 0.321. The standard InChI is InChI=1S/C28H34N8/c1-4-5-6-27(36-13-11-35(3)12-14-36)22-16-26(32-19(22)2)28-23-17-25(31-10-8-24(23)33-34-28)20-7-9-30-18-21(29)15-20/h4-8,15-18,32-33H,9-14,29H2,1-3H3/b5-4-,27-6+. The lowest BCUT2D eigenvalue weighted by Gasteiger charge is -2.35. The monoisotopic (exact) mass is 482 g/mol. The summed E-state index contributed by atoms with van der Waals surface area (Å²) in [6.45, 7) is 9.48. The number of likely N-dealkylation sites (N-methyl/N-ethyl adjacent to an activating group) is 1. The van der Waals surface area contributed by atoms with E-state index >= 15 is 0 Å². The fourth-order valence-corrected chi connectivity index (χ4v) is 4.78. The molecule has 0 aliphatic carbocycles. The highest BCUT2D eigenvalue weighted by molar-refractivity contribution is 6.23. The molecule has 8 nitrogen and oxygen atoms in total.